The highest BCUT2D eigenvalue weighted by atomic mass is 16.5. The second-order valence-corrected chi connectivity index (χ2v) is 14.4. The van der Waals surface area contributed by atoms with Crippen molar-refractivity contribution < 1.29 is 24.0 Å². The molecule has 0 spiro atoms. The van der Waals surface area contributed by atoms with Crippen LogP contribution in [0.3, 0.4) is 0 Å². The van der Waals surface area contributed by atoms with Gasteiger partial charge in [-0.05, 0) is 79.3 Å². The summed E-state index contributed by atoms with van der Waals surface area (Å²) < 4.78 is 13.3. The molecule has 1 atom stereocenters. The van der Waals surface area contributed by atoms with Gasteiger partial charge < -0.3 is 24.6 Å². The van der Waals surface area contributed by atoms with Crippen LogP contribution in [-0.2, 0) is 16.7 Å². The second kappa shape index (κ2) is 13.7. The Morgan fingerprint density at radius 3 is 2.40 bits per heavy atom. The molecule has 2 N–H and O–H groups in total. The first kappa shape index (κ1) is 33.4. The van der Waals surface area contributed by atoms with E-state index in [0.717, 1.165) is 76.6 Å². The quantitative estimate of drug-likeness (QED) is 0.182. The summed E-state index contributed by atoms with van der Waals surface area (Å²) >= 11 is 0. The number of nitrogens with zero attached hydrogens (tertiary/aromatic N) is 6. The lowest BCUT2D eigenvalue weighted by molar-refractivity contribution is -0.0368. The van der Waals surface area contributed by atoms with E-state index in [1.54, 1.807) is 0 Å². The van der Waals surface area contributed by atoms with Crippen molar-refractivity contribution in [1.82, 2.24) is 35.1 Å². The fourth-order valence-electron chi connectivity index (χ4n) is 6.78. The number of hydrogen-bond donors (Lipinski definition) is 2. The molecule has 0 aliphatic carbocycles. The van der Waals surface area contributed by atoms with Gasteiger partial charge in [-0.1, -0.05) is 62.3 Å². The average Bonchev–Trinajstić information content (AvgIpc) is 3.78. The van der Waals surface area contributed by atoms with E-state index >= 15 is 0 Å². The highest BCUT2D eigenvalue weighted by Crippen LogP contribution is 2.36. The summed E-state index contributed by atoms with van der Waals surface area (Å²) in [5.41, 5.74) is 7.47. The molecule has 260 valence electrons. The van der Waals surface area contributed by atoms with Gasteiger partial charge in [-0.2, -0.15) is 10.1 Å². The first-order chi connectivity index (χ1) is 24.0. The summed E-state index contributed by atoms with van der Waals surface area (Å²) in [7, 11) is 0. The van der Waals surface area contributed by atoms with Gasteiger partial charge in [-0.25, -0.2) is 14.5 Å². The van der Waals surface area contributed by atoms with E-state index in [1.165, 1.54) is 10.5 Å². The monoisotopic (exact) mass is 677 g/mol. The van der Waals surface area contributed by atoms with Gasteiger partial charge in [-0.3, -0.25) is 4.79 Å². The minimum Gasteiger partial charge on any atom is -0.465 e. The minimum atomic E-state index is -0.842. The third-order valence-electron chi connectivity index (χ3n) is 9.80. The highest BCUT2D eigenvalue weighted by molar-refractivity contribution is 5.94. The maximum atomic E-state index is 12.8. The van der Waals surface area contributed by atoms with Crippen LogP contribution in [0, 0.1) is 6.92 Å². The molecule has 2 aliphatic heterocycles. The van der Waals surface area contributed by atoms with E-state index in [0.29, 0.717) is 38.0 Å². The lowest BCUT2D eigenvalue weighted by atomic mass is 9.88. The Bertz CT molecular complexity index is 2010. The molecule has 50 heavy (non-hydrogen) atoms. The van der Waals surface area contributed by atoms with Crippen molar-refractivity contribution >= 4 is 23.0 Å². The van der Waals surface area contributed by atoms with Crippen LogP contribution in [0.5, 0.6) is 0 Å². The van der Waals surface area contributed by atoms with Gasteiger partial charge in [0.25, 0.3) is 0 Å². The third-order valence-corrected chi connectivity index (χ3v) is 9.80. The van der Waals surface area contributed by atoms with Crippen molar-refractivity contribution in [3.8, 4) is 22.4 Å². The molecule has 5 heterocycles. The van der Waals surface area contributed by atoms with Crippen LogP contribution in [0.15, 0.2) is 59.3 Å². The predicted octanol–water partition coefficient (Wildman–Crippen LogP) is 7.24. The molecule has 0 bridgehead atoms. The number of hydrogen-bond acceptors (Lipinski definition) is 8. The number of carbonyl (C=O) groups excluding carboxylic acids is 1. The van der Waals surface area contributed by atoms with Crippen LogP contribution in [0.25, 0.3) is 33.4 Å². The Hall–Kier alpha value is -5.10. The molecule has 12 heteroatoms. The standard InChI is InChI=1S/C38H43N7O5/c1-23-19-27(12-13-28(23)21-40-34(46)35-41-36(43-50-35)38(2,3)4)32-30-20-29(22-39-33(30)45(42-32)31-7-5-6-18-49-31)25-10-8-24(9-11-25)26-14-16-44(17-15-26)37(47)48/h8-13,19-20,22,26,31H,5-7,14-18,21H2,1-4H3,(H,40,46)(H,47,48). The summed E-state index contributed by atoms with van der Waals surface area (Å²) in [5.74, 6) is 0.368. The van der Waals surface area contributed by atoms with E-state index in [-0.39, 0.29) is 17.5 Å². The Morgan fingerprint density at radius 2 is 1.74 bits per heavy atom. The lowest BCUT2D eigenvalue weighted by Gasteiger charge is -2.30. The van der Waals surface area contributed by atoms with Crippen molar-refractivity contribution in [3.05, 3.63) is 83.1 Å². The van der Waals surface area contributed by atoms with Crippen molar-refractivity contribution in [2.75, 3.05) is 19.7 Å². The van der Waals surface area contributed by atoms with Crippen molar-refractivity contribution in [2.45, 2.75) is 83.9 Å². The summed E-state index contributed by atoms with van der Waals surface area (Å²) in [6, 6.07) is 16.9. The van der Waals surface area contributed by atoms with Gasteiger partial charge in [0, 0.05) is 54.4 Å². The zero-order chi connectivity index (χ0) is 35.0. The van der Waals surface area contributed by atoms with Crippen molar-refractivity contribution in [1.29, 1.82) is 0 Å². The first-order valence-electron chi connectivity index (χ1n) is 17.4. The summed E-state index contributed by atoms with van der Waals surface area (Å²) in [5, 5.41) is 22.2. The molecule has 2 aromatic carbocycles. The number of ether oxygens (including phenoxy) is 1. The number of aryl methyl sites for hydroxylation is 1. The summed E-state index contributed by atoms with van der Waals surface area (Å²) in [6.07, 6.45) is 5.52. The molecule has 5 aromatic rings. The number of rotatable bonds is 7. The zero-order valence-corrected chi connectivity index (χ0v) is 29.0. The molecule has 3 aromatic heterocycles. The molecule has 12 nitrogen and oxygen atoms in total. The Labute approximate surface area is 290 Å². The summed E-state index contributed by atoms with van der Waals surface area (Å²) in [4.78, 5) is 34.8. The predicted molar refractivity (Wildman–Crippen MR) is 188 cm³/mol. The van der Waals surface area contributed by atoms with Gasteiger partial charge >= 0.3 is 17.9 Å². The van der Waals surface area contributed by atoms with E-state index < -0.39 is 12.0 Å². The van der Waals surface area contributed by atoms with Gasteiger partial charge in [-0.15, -0.1) is 0 Å². The number of fused-ring (bicyclic) bond motifs is 1. The topological polar surface area (TPSA) is 148 Å². The zero-order valence-electron chi connectivity index (χ0n) is 29.0. The fourth-order valence-corrected chi connectivity index (χ4v) is 6.78. The van der Waals surface area contributed by atoms with Gasteiger partial charge in [0.05, 0.1) is 0 Å². The number of benzene rings is 2. The van der Waals surface area contributed by atoms with E-state index in [2.05, 4.69) is 51.9 Å². The SMILES string of the molecule is Cc1cc(-c2nn(C3CCCCO3)c3ncc(-c4ccc(C5CCN(C(=O)O)CC5)cc4)cc23)ccc1CNC(=O)c1nc(C(C)(C)C)no1. The number of piperidine rings is 1. The molecule has 2 fully saturated rings. The number of pyridine rings is 1. The van der Waals surface area contributed by atoms with Gasteiger partial charge in [0.1, 0.15) is 5.69 Å². The van der Waals surface area contributed by atoms with Gasteiger partial charge in [0.15, 0.2) is 17.7 Å². The third kappa shape index (κ3) is 6.84. The average molecular weight is 678 g/mol. The Balaban J connectivity index is 1.14. The molecule has 1 unspecified atom stereocenters. The number of nitrogens with one attached hydrogen (secondary N) is 1. The number of carboxylic acid groups (broad SMARTS) is 1. The molecule has 0 radical (unpaired) electrons. The Morgan fingerprint density at radius 1 is 0.980 bits per heavy atom. The normalized spacial score (nSPS) is 17.3. The van der Waals surface area contributed by atoms with Gasteiger partial charge in [0.2, 0.25) is 0 Å². The lowest BCUT2D eigenvalue weighted by Crippen LogP contribution is -2.36. The number of likely N-dealkylation sites (tertiary alicyclic amines) is 1. The van der Waals surface area contributed by atoms with Crippen molar-refractivity contribution in [3.63, 3.8) is 0 Å². The van der Waals surface area contributed by atoms with Crippen LogP contribution in [0.1, 0.15) is 98.2 Å². The van der Waals surface area contributed by atoms with Crippen LogP contribution in [0.4, 0.5) is 4.79 Å². The first-order valence-corrected chi connectivity index (χ1v) is 17.4. The summed E-state index contributed by atoms with van der Waals surface area (Å²) in [6.45, 7) is 10.0. The van der Waals surface area contributed by atoms with Crippen LogP contribution >= 0.6 is 0 Å². The second-order valence-electron chi connectivity index (χ2n) is 14.4. The van der Waals surface area contributed by atoms with E-state index in [1.807, 2.05) is 50.7 Å². The molecule has 2 amide bonds. The number of carbonyl (C=O) groups is 2. The number of amides is 2. The van der Waals surface area contributed by atoms with Crippen LogP contribution in [-0.4, -0.2) is 66.6 Å². The molecule has 7 rings (SSSR count). The molecule has 2 aliphatic rings. The Kier molecular flexibility index (Phi) is 9.13. The molecular formula is C38H43N7O5. The minimum absolute atomic E-state index is 0.0508. The largest absolute Gasteiger partial charge is 0.465 e. The highest BCUT2D eigenvalue weighted by Gasteiger charge is 2.26. The van der Waals surface area contributed by atoms with E-state index in [4.69, 9.17) is 19.3 Å². The maximum Gasteiger partial charge on any atom is 0.407 e. The molecule has 0 saturated carbocycles. The number of aromatic nitrogens is 5. The smallest absolute Gasteiger partial charge is 0.407 e. The maximum absolute atomic E-state index is 12.8. The van der Waals surface area contributed by atoms with Crippen molar-refractivity contribution in [2.24, 2.45) is 0 Å². The molecule has 2 saturated heterocycles. The van der Waals surface area contributed by atoms with E-state index in [9.17, 15) is 14.7 Å². The van der Waals surface area contributed by atoms with Crippen LogP contribution < -0.4 is 5.32 Å². The van der Waals surface area contributed by atoms with Crippen LogP contribution in [0.2, 0.25) is 0 Å². The molecular weight excluding hydrogens is 634 g/mol. The fraction of sp³-hybridized carbons (Fsp3) is 0.421.